The van der Waals surface area contributed by atoms with Crippen molar-refractivity contribution in [1.82, 2.24) is 20.0 Å². The zero-order valence-corrected chi connectivity index (χ0v) is 17.7. The molecule has 1 heterocycles. The zero-order chi connectivity index (χ0) is 18.2. The highest BCUT2D eigenvalue weighted by Crippen LogP contribution is 2.21. The van der Waals surface area contributed by atoms with Crippen LogP contribution in [0.4, 0.5) is 0 Å². The Kier molecular flexibility index (Phi) is 12.6. The topological polar surface area (TPSA) is 99.0 Å². The monoisotopic (exact) mass is 425 g/mol. The molecule has 0 aromatic heterocycles. The number of likely N-dealkylation sites (N-methyl/N-ethyl adjacent to an activating group) is 1. The molecule has 0 unspecified atom stereocenters. The van der Waals surface area contributed by atoms with Crippen LogP contribution >= 0.6 is 24.8 Å². The van der Waals surface area contributed by atoms with Gasteiger partial charge in [-0.05, 0) is 12.8 Å². The molecular formula is C17H33Cl2N5O3. The second-order valence-corrected chi connectivity index (χ2v) is 6.93. The number of halogens is 2. The molecular weight excluding hydrogens is 393 g/mol. The highest BCUT2D eigenvalue weighted by atomic mass is 35.5. The summed E-state index contributed by atoms with van der Waals surface area (Å²) < 4.78 is 0. The summed E-state index contributed by atoms with van der Waals surface area (Å²) in [4.78, 5) is 41.4. The number of carbonyl (C=O) groups excluding carboxylic acids is 3. The Balaban J connectivity index is 0.00000338. The maximum Gasteiger partial charge on any atom is 0.242 e. The maximum absolute atomic E-state index is 12.5. The van der Waals surface area contributed by atoms with Crippen molar-refractivity contribution < 1.29 is 14.4 Å². The van der Waals surface area contributed by atoms with Gasteiger partial charge in [-0.3, -0.25) is 19.3 Å². The van der Waals surface area contributed by atoms with Gasteiger partial charge in [-0.2, -0.15) is 0 Å². The molecule has 1 saturated carbocycles. The molecule has 1 aliphatic carbocycles. The molecule has 158 valence electrons. The number of carbonyl (C=O) groups is 3. The van der Waals surface area contributed by atoms with Gasteiger partial charge < -0.3 is 20.9 Å². The van der Waals surface area contributed by atoms with E-state index in [1.54, 1.807) is 4.90 Å². The lowest BCUT2D eigenvalue weighted by Gasteiger charge is -2.37. The summed E-state index contributed by atoms with van der Waals surface area (Å²) in [6.45, 7) is 2.81. The number of nitrogens with two attached hydrogens (primary N) is 1. The van der Waals surface area contributed by atoms with E-state index in [0.29, 0.717) is 38.8 Å². The van der Waals surface area contributed by atoms with Crippen LogP contribution in [-0.4, -0.2) is 91.3 Å². The minimum Gasteiger partial charge on any atom is -0.346 e. The SMILES string of the molecule is CN(C(=O)CN1CCN(C(=O)CNC(=O)CN)CC1)C1CCCCC1.Cl.Cl. The van der Waals surface area contributed by atoms with E-state index in [4.69, 9.17) is 5.73 Å². The first-order chi connectivity index (χ1) is 12.0. The molecule has 3 amide bonds. The minimum atomic E-state index is -0.330. The van der Waals surface area contributed by atoms with Crippen LogP contribution in [0.25, 0.3) is 0 Å². The van der Waals surface area contributed by atoms with Gasteiger partial charge in [0.05, 0.1) is 19.6 Å². The second kappa shape index (κ2) is 13.1. The summed E-state index contributed by atoms with van der Waals surface area (Å²) in [6.07, 6.45) is 5.92. The fourth-order valence-corrected chi connectivity index (χ4v) is 3.49. The molecule has 0 spiro atoms. The zero-order valence-electron chi connectivity index (χ0n) is 16.0. The van der Waals surface area contributed by atoms with Crippen molar-refractivity contribution in [1.29, 1.82) is 0 Å². The van der Waals surface area contributed by atoms with Crippen molar-refractivity contribution >= 4 is 42.5 Å². The first-order valence-corrected chi connectivity index (χ1v) is 9.24. The van der Waals surface area contributed by atoms with Gasteiger partial charge in [-0.25, -0.2) is 0 Å². The third kappa shape index (κ3) is 8.21. The number of nitrogens with zero attached hydrogens (tertiary/aromatic N) is 3. The second-order valence-electron chi connectivity index (χ2n) is 6.93. The van der Waals surface area contributed by atoms with Gasteiger partial charge in [0.1, 0.15) is 0 Å². The fraction of sp³-hybridized carbons (Fsp3) is 0.824. The molecule has 8 nitrogen and oxygen atoms in total. The van der Waals surface area contributed by atoms with Crippen LogP contribution in [0.1, 0.15) is 32.1 Å². The van der Waals surface area contributed by atoms with Crippen LogP contribution < -0.4 is 11.1 Å². The molecule has 1 saturated heterocycles. The highest BCUT2D eigenvalue weighted by Gasteiger charge is 2.26. The molecule has 10 heteroatoms. The number of piperazine rings is 1. The molecule has 0 atom stereocenters. The summed E-state index contributed by atoms with van der Waals surface area (Å²) in [7, 11) is 1.91. The van der Waals surface area contributed by atoms with Crippen molar-refractivity contribution in [2.24, 2.45) is 5.73 Å². The Labute approximate surface area is 174 Å². The molecule has 0 aromatic carbocycles. The van der Waals surface area contributed by atoms with Gasteiger partial charge in [0.25, 0.3) is 0 Å². The predicted molar refractivity (Wildman–Crippen MR) is 109 cm³/mol. The molecule has 0 aromatic rings. The predicted octanol–water partition coefficient (Wildman–Crippen LogP) is -0.160. The molecule has 2 fully saturated rings. The van der Waals surface area contributed by atoms with Crippen molar-refractivity contribution in [3.8, 4) is 0 Å². The summed E-state index contributed by atoms with van der Waals surface area (Å²) >= 11 is 0. The van der Waals surface area contributed by atoms with Gasteiger partial charge >= 0.3 is 0 Å². The largest absolute Gasteiger partial charge is 0.346 e. The van der Waals surface area contributed by atoms with Crippen molar-refractivity contribution in [3.63, 3.8) is 0 Å². The lowest BCUT2D eigenvalue weighted by molar-refractivity contribution is -0.136. The Bertz CT molecular complexity index is 481. The van der Waals surface area contributed by atoms with E-state index >= 15 is 0 Å². The van der Waals surface area contributed by atoms with E-state index in [1.807, 2.05) is 11.9 Å². The summed E-state index contributed by atoms with van der Waals surface area (Å²) in [5.41, 5.74) is 5.20. The minimum absolute atomic E-state index is 0. The first-order valence-electron chi connectivity index (χ1n) is 9.24. The maximum atomic E-state index is 12.5. The number of amides is 3. The van der Waals surface area contributed by atoms with Crippen LogP contribution in [-0.2, 0) is 14.4 Å². The standard InChI is InChI=1S/C17H31N5O3.2ClH/c1-20(14-5-3-2-4-6-14)17(25)13-21-7-9-22(10-8-21)16(24)12-19-15(23)11-18;;/h14H,2-13,18H2,1H3,(H,19,23);2*1H. The Hall–Kier alpha value is -1.09. The molecule has 0 bridgehead atoms. The number of rotatable bonds is 6. The molecule has 3 N–H and O–H groups in total. The Morgan fingerprint density at radius 2 is 1.63 bits per heavy atom. The van der Waals surface area contributed by atoms with E-state index in [0.717, 1.165) is 12.8 Å². The van der Waals surface area contributed by atoms with Gasteiger partial charge in [0.15, 0.2) is 0 Å². The van der Waals surface area contributed by atoms with Crippen molar-refractivity contribution in [2.75, 3.05) is 52.9 Å². The quantitative estimate of drug-likeness (QED) is 0.615. The summed E-state index contributed by atoms with van der Waals surface area (Å²) in [5, 5.41) is 2.49. The molecule has 2 rings (SSSR count). The third-order valence-electron chi connectivity index (χ3n) is 5.22. The van der Waals surface area contributed by atoms with Crippen molar-refractivity contribution in [2.45, 2.75) is 38.1 Å². The van der Waals surface area contributed by atoms with Crippen LogP contribution in [0, 0.1) is 0 Å². The molecule has 1 aliphatic heterocycles. The van der Waals surface area contributed by atoms with Gasteiger partial charge in [0, 0.05) is 39.3 Å². The summed E-state index contributed by atoms with van der Waals surface area (Å²) in [5.74, 6) is -0.266. The highest BCUT2D eigenvalue weighted by molar-refractivity contribution is 5.86. The number of hydrogen-bond donors (Lipinski definition) is 2. The molecule has 27 heavy (non-hydrogen) atoms. The third-order valence-corrected chi connectivity index (χ3v) is 5.22. The van der Waals surface area contributed by atoms with E-state index in [9.17, 15) is 14.4 Å². The van der Waals surface area contributed by atoms with Gasteiger partial charge in [0.2, 0.25) is 17.7 Å². The Morgan fingerprint density at radius 1 is 1.04 bits per heavy atom. The number of hydrogen-bond acceptors (Lipinski definition) is 5. The average molecular weight is 426 g/mol. The first kappa shape index (κ1) is 25.9. The van der Waals surface area contributed by atoms with Crippen LogP contribution in [0.15, 0.2) is 0 Å². The van der Waals surface area contributed by atoms with Gasteiger partial charge in [-0.15, -0.1) is 24.8 Å². The fourth-order valence-electron chi connectivity index (χ4n) is 3.49. The van der Waals surface area contributed by atoms with Crippen molar-refractivity contribution in [3.05, 3.63) is 0 Å². The normalized spacial score (nSPS) is 18.1. The van der Waals surface area contributed by atoms with Crippen LogP contribution in [0.5, 0.6) is 0 Å². The Morgan fingerprint density at radius 3 is 2.19 bits per heavy atom. The molecule has 2 aliphatic rings. The lowest BCUT2D eigenvalue weighted by Crippen LogP contribution is -2.53. The van der Waals surface area contributed by atoms with E-state index in [1.165, 1.54) is 19.3 Å². The van der Waals surface area contributed by atoms with Crippen LogP contribution in [0.2, 0.25) is 0 Å². The lowest BCUT2D eigenvalue weighted by atomic mass is 9.94. The van der Waals surface area contributed by atoms with Crippen LogP contribution in [0.3, 0.4) is 0 Å². The average Bonchev–Trinajstić information content (AvgIpc) is 2.66. The summed E-state index contributed by atoms with van der Waals surface area (Å²) in [6, 6.07) is 0.385. The number of nitrogens with one attached hydrogen (secondary N) is 1. The smallest absolute Gasteiger partial charge is 0.242 e. The van der Waals surface area contributed by atoms with E-state index in [-0.39, 0.29) is 55.6 Å². The molecule has 0 radical (unpaired) electrons. The van der Waals surface area contributed by atoms with E-state index < -0.39 is 0 Å². The van der Waals surface area contributed by atoms with E-state index in [2.05, 4.69) is 10.2 Å². The van der Waals surface area contributed by atoms with Gasteiger partial charge in [-0.1, -0.05) is 19.3 Å².